The third-order valence-corrected chi connectivity index (χ3v) is 5.98. The van der Waals surface area contributed by atoms with Gasteiger partial charge < -0.3 is 11.1 Å². The molecular formula is C27H20ClN7O. The Morgan fingerprint density at radius 3 is 2.58 bits per heavy atom. The van der Waals surface area contributed by atoms with Gasteiger partial charge in [0.2, 0.25) is 5.95 Å². The summed E-state index contributed by atoms with van der Waals surface area (Å²) in [5.74, 6) is 0.740. The molecule has 176 valence electrons. The van der Waals surface area contributed by atoms with Crippen LogP contribution in [0.15, 0.2) is 83.8 Å². The summed E-state index contributed by atoms with van der Waals surface area (Å²) in [6.45, 7) is 1.84. The van der Waals surface area contributed by atoms with Gasteiger partial charge in [-0.25, -0.2) is 9.97 Å². The average molecular weight is 494 g/mol. The van der Waals surface area contributed by atoms with E-state index in [1.807, 2.05) is 67.6 Å². The van der Waals surface area contributed by atoms with Gasteiger partial charge in [-0.1, -0.05) is 54.1 Å². The first-order valence-corrected chi connectivity index (χ1v) is 11.5. The number of aromatic nitrogens is 4. The van der Waals surface area contributed by atoms with E-state index in [0.717, 1.165) is 11.1 Å². The zero-order valence-electron chi connectivity index (χ0n) is 19.2. The lowest BCUT2D eigenvalue weighted by Gasteiger charge is -2.21. The van der Waals surface area contributed by atoms with Crippen LogP contribution in [0.3, 0.4) is 0 Å². The highest BCUT2D eigenvalue weighted by atomic mass is 35.5. The standard InChI is InChI=1S/C27H20ClN7O/c1-16(32-24-18(14-29)15-31-27(30)34-24)25-33-22-12-6-11-21(17-7-5-8-19(28)13-17)23(22)26(36)35(25)20-9-3-2-4-10-20/h2-13,15-16H,1H3,(H3,30,31,32,34)/t16-/m1/s1. The second-order valence-corrected chi connectivity index (χ2v) is 8.56. The summed E-state index contributed by atoms with van der Waals surface area (Å²) >= 11 is 6.24. The lowest BCUT2D eigenvalue weighted by molar-refractivity contribution is 0.731. The lowest BCUT2D eigenvalue weighted by atomic mass is 10.0. The molecule has 0 unspecified atom stereocenters. The van der Waals surface area contributed by atoms with Crippen LogP contribution < -0.4 is 16.6 Å². The number of nitrogens with two attached hydrogens (primary N) is 1. The summed E-state index contributed by atoms with van der Waals surface area (Å²) in [5, 5.41) is 13.7. The fraction of sp³-hybridized carbons (Fsp3) is 0.0741. The smallest absolute Gasteiger partial charge is 0.266 e. The largest absolute Gasteiger partial charge is 0.368 e. The molecule has 0 fully saturated rings. The number of halogens is 1. The summed E-state index contributed by atoms with van der Waals surface area (Å²) in [6, 6.07) is 23.7. The molecule has 3 aromatic carbocycles. The van der Waals surface area contributed by atoms with Crippen LogP contribution in [0.2, 0.25) is 5.02 Å². The molecule has 0 saturated carbocycles. The minimum Gasteiger partial charge on any atom is -0.368 e. The van der Waals surface area contributed by atoms with Crippen molar-refractivity contribution in [2.45, 2.75) is 13.0 Å². The van der Waals surface area contributed by atoms with Gasteiger partial charge in [-0.3, -0.25) is 9.36 Å². The summed E-state index contributed by atoms with van der Waals surface area (Å²) in [4.78, 5) is 27.1. The van der Waals surface area contributed by atoms with Crippen molar-refractivity contribution in [3.8, 4) is 22.9 Å². The minimum absolute atomic E-state index is 0.0294. The number of anilines is 2. The molecule has 0 radical (unpaired) electrons. The normalized spacial score (nSPS) is 11.7. The van der Waals surface area contributed by atoms with E-state index in [1.54, 1.807) is 16.7 Å². The Kier molecular flexibility index (Phi) is 6.07. The van der Waals surface area contributed by atoms with Crippen molar-refractivity contribution in [2.75, 3.05) is 11.1 Å². The van der Waals surface area contributed by atoms with Gasteiger partial charge in [0.1, 0.15) is 23.3 Å². The van der Waals surface area contributed by atoms with Crippen LogP contribution in [-0.2, 0) is 0 Å². The molecule has 0 aliphatic rings. The van der Waals surface area contributed by atoms with Crippen LogP contribution in [0.4, 0.5) is 11.8 Å². The van der Waals surface area contributed by atoms with Gasteiger partial charge in [0.25, 0.3) is 5.56 Å². The van der Waals surface area contributed by atoms with Gasteiger partial charge in [0, 0.05) is 5.02 Å². The molecular weight excluding hydrogens is 474 g/mol. The quantitative estimate of drug-likeness (QED) is 0.348. The Morgan fingerprint density at radius 2 is 1.83 bits per heavy atom. The molecule has 0 saturated heterocycles. The molecule has 36 heavy (non-hydrogen) atoms. The molecule has 1 atom stereocenters. The van der Waals surface area contributed by atoms with E-state index in [4.69, 9.17) is 22.3 Å². The summed E-state index contributed by atoms with van der Waals surface area (Å²) in [7, 11) is 0. The van der Waals surface area contributed by atoms with E-state index in [2.05, 4.69) is 21.4 Å². The lowest BCUT2D eigenvalue weighted by Crippen LogP contribution is -2.28. The Bertz CT molecular complexity index is 1690. The van der Waals surface area contributed by atoms with Crippen molar-refractivity contribution in [1.29, 1.82) is 5.26 Å². The average Bonchev–Trinajstić information content (AvgIpc) is 2.89. The van der Waals surface area contributed by atoms with Gasteiger partial charge in [-0.05, 0) is 48.4 Å². The predicted octanol–water partition coefficient (Wildman–Crippen LogP) is 5.12. The molecule has 0 aliphatic heterocycles. The summed E-state index contributed by atoms with van der Waals surface area (Å²) < 4.78 is 1.57. The van der Waals surface area contributed by atoms with Gasteiger partial charge in [0.05, 0.1) is 28.8 Å². The van der Waals surface area contributed by atoms with Crippen LogP contribution >= 0.6 is 11.6 Å². The highest BCUT2D eigenvalue weighted by Gasteiger charge is 2.21. The number of rotatable bonds is 5. The molecule has 0 aliphatic carbocycles. The van der Waals surface area contributed by atoms with Gasteiger partial charge in [-0.2, -0.15) is 10.2 Å². The number of hydrogen-bond donors (Lipinski definition) is 2. The minimum atomic E-state index is -0.515. The van der Waals surface area contributed by atoms with E-state index in [-0.39, 0.29) is 22.9 Å². The summed E-state index contributed by atoms with van der Waals surface area (Å²) in [5.41, 5.74) is 8.50. The number of nitrogens with zero attached hydrogens (tertiary/aromatic N) is 5. The highest BCUT2D eigenvalue weighted by molar-refractivity contribution is 6.30. The SMILES string of the molecule is C[C@@H](Nc1nc(N)ncc1C#N)c1nc2cccc(-c3cccc(Cl)c3)c2c(=O)n1-c1ccccc1. The molecule has 5 aromatic rings. The first-order chi connectivity index (χ1) is 17.5. The molecule has 2 heterocycles. The van der Waals surface area contributed by atoms with E-state index in [0.29, 0.717) is 27.4 Å². The maximum Gasteiger partial charge on any atom is 0.266 e. The van der Waals surface area contributed by atoms with Crippen LogP contribution in [0.25, 0.3) is 27.7 Å². The number of nitriles is 1. The Labute approximate surface area is 211 Å². The van der Waals surface area contributed by atoms with Crippen LogP contribution in [0.1, 0.15) is 24.4 Å². The third kappa shape index (κ3) is 4.24. The first kappa shape index (κ1) is 23.0. The van der Waals surface area contributed by atoms with Crippen molar-refractivity contribution >= 4 is 34.3 Å². The number of nitrogen functional groups attached to an aromatic ring is 1. The molecule has 0 bridgehead atoms. The van der Waals surface area contributed by atoms with E-state index in [9.17, 15) is 10.1 Å². The van der Waals surface area contributed by atoms with Crippen molar-refractivity contribution in [1.82, 2.24) is 19.5 Å². The van der Waals surface area contributed by atoms with Crippen molar-refractivity contribution < 1.29 is 0 Å². The Hall–Kier alpha value is -4.74. The Balaban J connectivity index is 1.75. The van der Waals surface area contributed by atoms with Crippen molar-refractivity contribution in [2.24, 2.45) is 0 Å². The molecule has 0 amide bonds. The number of hydrogen-bond acceptors (Lipinski definition) is 7. The van der Waals surface area contributed by atoms with E-state index >= 15 is 0 Å². The van der Waals surface area contributed by atoms with Gasteiger partial charge >= 0.3 is 0 Å². The van der Waals surface area contributed by atoms with Crippen molar-refractivity contribution in [3.63, 3.8) is 0 Å². The maximum absolute atomic E-state index is 14.1. The number of benzene rings is 3. The number of fused-ring (bicyclic) bond motifs is 1. The molecule has 9 heteroatoms. The molecule has 3 N–H and O–H groups in total. The maximum atomic E-state index is 14.1. The second-order valence-electron chi connectivity index (χ2n) is 8.12. The van der Waals surface area contributed by atoms with Gasteiger partial charge in [0.15, 0.2) is 0 Å². The zero-order valence-corrected chi connectivity index (χ0v) is 19.9. The fourth-order valence-corrected chi connectivity index (χ4v) is 4.31. The van der Waals surface area contributed by atoms with Crippen molar-refractivity contribution in [3.05, 3.63) is 106 Å². The topological polar surface area (TPSA) is 123 Å². The molecule has 2 aromatic heterocycles. The van der Waals surface area contributed by atoms with Crippen LogP contribution in [0.5, 0.6) is 0 Å². The van der Waals surface area contributed by atoms with E-state index in [1.165, 1.54) is 6.20 Å². The zero-order chi connectivity index (χ0) is 25.2. The monoisotopic (exact) mass is 493 g/mol. The number of nitrogens with one attached hydrogen (secondary N) is 1. The first-order valence-electron chi connectivity index (χ1n) is 11.1. The number of para-hydroxylation sites is 1. The fourth-order valence-electron chi connectivity index (χ4n) is 4.12. The third-order valence-electron chi connectivity index (χ3n) is 5.74. The second kappa shape index (κ2) is 9.49. The Morgan fingerprint density at radius 1 is 1.06 bits per heavy atom. The summed E-state index contributed by atoms with van der Waals surface area (Å²) in [6.07, 6.45) is 1.35. The molecule has 0 spiro atoms. The van der Waals surface area contributed by atoms with Crippen LogP contribution in [-0.4, -0.2) is 19.5 Å². The van der Waals surface area contributed by atoms with E-state index < -0.39 is 6.04 Å². The van der Waals surface area contributed by atoms with Crippen LogP contribution in [0, 0.1) is 11.3 Å². The highest BCUT2D eigenvalue weighted by Crippen LogP contribution is 2.30. The predicted molar refractivity (Wildman–Crippen MR) is 141 cm³/mol. The van der Waals surface area contributed by atoms with Gasteiger partial charge in [-0.15, -0.1) is 0 Å². The molecule has 8 nitrogen and oxygen atoms in total. The molecule has 5 rings (SSSR count).